The number of nitrogens with zero attached hydrogens (tertiary/aromatic N) is 1. The Morgan fingerprint density at radius 3 is 2.85 bits per heavy atom. The first-order valence-corrected chi connectivity index (χ1v) is 7.55. The van der Waals surface area contributed by atoms with Crippen LogP contribution in [0.3, 0.4) is 0 Å². The number of carbonyl (C=O) groups is 1. The number of fused-ring (bicyclic) bond motifs is 1. The molecule has 3 rings (SSSR count). The van der Waals surface area contributed by atoms with E-state index < -0.39 is 0 Å². The minimum absolute atomic E-state index is 0.0400. The van der Waals surface area contributed by atoms with Gasteiger partial charge in [0.05, 0.1) is 5.69 Å². The van der Waals surface area contributed by atoms with Gasteiger partial charge in [-0.2, -0.15) is 0 Å². The number of hydrogen-bond acceptors (Lipinski definition) is 3. The molecule has 0 saturated carbocycles. The smallest absolute Gasteiger partial charge is 0.226 e. The SMILES string of the molecule is O=C(CCc1ccc(F)cc1)Nc1nc2c(s1)CCC2. The van der Waals surface area contributed by atoms with Gasteiger partial charge in [-0.15, -0.1) is 11.3 Å². The Kier molecular flexibility index (Phi) is 3.78. The quantitative estimate of drug-likeness (QED) is 0.938. The van der Waals surface area contributed by atoms with E-state index in [4.69, 9.17) is 0 Å². The Balaban J connectivity index is 1.53. The molecule has 1 amide bonds. The molecule has 0 aliphatic heterocycles. The number of halogens is 1. The number of aryl methyl sites for hydroxylation is 3. The van der Waals surface area contributed by atoms with Crippen LogP contribution in [0.25, 0.3) is 0 Å². The molecule has 0 radical (unpaired) electrons. The lowest BCUT2D eigenvalue weighted by molar-refractivity contribution is -0.116. The fourth-order valence-corrected chi connectivity index (χ4v) is 3.40. The predicted octanol–water partition coefficient (Wildman–Crippen LogP) is 3.34. The van der Waals surface area contributed by atoms with Crippen molar-refractivity contribution >= 4 is 22.4 Å². The van der Waals surface area contributed by atoms with Crippen LogP contribution < -0.4 is 5.32 Å². The molecule has 1 aromatic carbocycles. The average Bonchev–Trinajstić information content (AvgIpc) is 2.99. The highest BCUT2D eigenvalue weighted by atomic mass is 32.1. The summed E-state index contributed by atoms with van der Waals surface area (Å²) in [5.74, 6) is -0.294. The zero-order valence-electron chi connectivity index (χ0n) is 11.0. The maximum Gasteiger partial charge on any atom is 0.226 e. The van der Waals surface area contributed by atoms with Gasteiger partial charge in [-0.05, 0) is 43.4 Å². The third kappa shape index (κ3) is 3.04. The van der Waals surface area contributed by atoms with Gasteiger partial charge in [0.2, 0.25) is 5.91 Å². The highest BCUT2D eigenvalue weighted by Gasteiger charge is 2.17. The first-order chi connectivity index (χ1) is 9.70. The minimum atomic E-state index is -0.254. The van der Waals surface area contributed by atoms with Gasteiger partial charge < -0.3 is 5.32 Å². The van der Waals surface area contributed by atoms with Crippen molar-refractivity contribution < 1.29 is 9.18 Å². The van der Waals surface area contributed by atoms with E-state index in [-0.39, 0.29) is 11.7 Å². The van der Waals surface area contributed by atoms with E-state index in [1.54, 1.807) is 23.5 Å². The largest absolute Gasteiger partial charge is 0.302 e. The highest BCUT2D eigenvalue weighted by molar-refractivity contribution is 7.15. The Hall–Kier alpha value is -1.75. The molecule has 5 heteroatoms. The lowest BCUT2D eigenvalue weighted by Gasteiger charge is -2.02. The normalized spacial score (nSPS) is 13.2. The van der Waals surface area contributed by atoms with Gasteiger partial charge in [0.1, 0.15) is 5.82 Å². The van der Waals surface area contributed by atoms with Crippen LogP contribution in [0.2, 0.25) is 0 Å². The van der Waals surface area contributed by atoms with Crippen LogP contribution in [0.15, 0.2) is 24.3 Å². The monoisotopic (exact) mass is 290 g/mol. The molecule has 0 saturated heterocycles. The van der Waals surface area contributed by atoms with Crippen molar-refractivity contribution in [2.45, 2.75) is 32.1 Å². The second-order valence-corrected chi connectivity index (χ2v) is 6.00. The summed E-state index contributed by atoms with van der Waals surface area (Å²) in [5.41, 5.74) is 2.10. The summed E-state index contributed by atoms with van der Waals surface area (Å²) in [4.78, 5) is 17.6. The van der Waals surface area contributed by atoms with E-state index in [9.17, 15) is 9.18 Å². The third-order valence-corrected chi connectivity index (χ3v) is 4.47. The molecule has 1 N–H and O–H groups in total. The van der Waals surface area contributed by atoms with Gasteiger partial charge in [0, 0.05) is 11.3 Å². The predicted molar refractivity (Wildman–Crippen MR) is 77.5 cm³/mol. The minimum Gasteiger partial charge on any atom is -0.302 e. The Morgan fingerprint density at radius 1 is 1.30 bits per heavy atom. The number of rotatable bonds is 4. The molecule has 1 aromatic heterocycles. The molecule has 104 valence electrons. The molecule has 1 heterocycles. The Labute approximate surface area is 120 Å². The Bertz CT molecular complexity index is 600. The van der Waals surface area contributed by atoms with Crippen molar-refractivity contribution in [2.75, 3.05) is 5.32 Å². The van der Waals surface area contributed by atoms with E-state index in [1.165, 1.54) is 23.4 Å². The summed E-state index contributed by atoms with van der Waals surface area (Å²) < 4.78 is 12.8. The van der Waals surface area contributed by atoms with Gasteiger partial charge in [-0.25, -0.2) is 9.37 Å². The number of thiazole rings is 1. The molecule has 0 unspecified atom stereocenters. The number of benzene rings is 1. The van der Waals surface area contributed by atoms with E-state index in [2.05, 4.69) is 10.3 Å². The zero-order valence-corrected chi connectivity index (χ0v) is 11.8. The number of carbonyl (C=O) groups excluding carboxylic acids is 1. The second kappa shape index (κ2) is 5.71. The number of nitrogens with one attached hydrogen (secondary N) is 1. The van der Waals surface area contributed by atoms with Crippen molar-refractivity contribution in [3.05, 3.63) is 46.2 Å². The van der Waals surface area contributed by atoms with Gasteiger partial charge in [0.15, 0.2) is 5.13 Å². The zero-order chi connectivity index (χ0) is 13.9. The standard InChI is InChI=1S/C15H15FN2OS/c16-11-7-4-10(5-8-11)6-9-14(19)18-15-17-12-2-1-3-13(12)20-15/h4-5,7-8H,1-3,6,9H2,(H,17,18,19). The Morgan fingerprint density at radius 2 is 2.10 bits per heavy atom. The topological polar surface area (TPSA) is 42.0 Å². The molecular weight excluding hydrogens is 275 g/mol. The second-order valence-electron chi connectivity index (χ2n) is 4.92. The van der Waals surface area contributed by atoms with E-state index in [1.807, 2.05) is 0 Å². The number of anilines is 1. The fourth-order valence-electron chi connectivity index (χ4n) is 2.33. The van der Waals surface area contributed by atoms with Crippen LogP contribution in [-0.2, 0) is 24.1 Å². The summed E-state index contributed by atoms with van der Waals surface area (Å²) in [5, 5.41) is 3.55. The number of hydrogen-bond donors (Lipinski definition) is 1. The van der Waals surface area contributed by atoms with Gasteiger partial charge >= 0.3 is 0 Å². The summed E-state index contributed by atoms with van der Waals surface area (Å²) in [7, 11) is 0. The van der Waals surface area contributed by atoms with E-state index in [0.29, 0.717) is 18.0 Å². The number of aromatic nitrogens is 1. The maximum absolute atomic E-state index is 12.8. The van der Waals surface area contributed by atoms with Crippen LogP contribution in [-0.4, -0.2) is 10.9 Å². The molecule has 0 fully saturated rings. The van der Waals surface area contributed by atoms with Crippen molar-refractivity contribution in [3.8, 4) is 0 Å². The van der Waals surface area contributed by atoms with Crippen LogP contribution in [0.4, 0.5) is 9.52 Å². The molecular formula is C15H15FN2OS. The molecule has 0 spiro atoms. The molecule has 1 aliphatic rings. The van der Waals surface area contributed by atoms with Gasteiger partial charge in [-0.3, -0.25) is 4.79 Å². The third-order valence-electron chi connectivity index (χ3n) is 3.40. The first kappa shape index (κ1) is 13.2. The van der Waals surface area contributed by atoms with Crippen molar-refractivity contribution in [3.63, 3.8) is 0 Å². The van der Waals surface area contributed by atoms with Crippen molar-refractivity contribution in [1.82, 2.24) is 4.98 Å². The number of amides is 1. The van der Waals surface area contributed by atoms with Crippen LogP contribution in [0, 0.1) is 5.82 Å². The molecule has 1 aliphatic carbocycles. The van der Waals surface area contributed by atoms with Crippen LogP contribution in [0.1, 0.15) is 29.0 Å². The molecule has 0 bridgehead atoms. The molecule has 20 heavy (non-hydrogen) atoms. The molecule has 0 atom stereocenters. The molecule has 2 aromatic rings. The summed E-state index contributed by atoms with van der Waals surface area (Å²) in [6, 6.07) is 6.25. The lowest BCUT2D eigenvalue weighted by atomic mass is 10.1. The molecule has 3 nitrogen and oxygen atoms in total. The van der Waals surface area contributed by atoms with Crippen LogP contribution >= 0.6 is 11.3 Å². The van der Waals surface area contributed by atoms with E-state index in [0.717, 1.165) is 24.1 Å². The van der Waals surface area contributed by atoms with Crippen LogP contribution in [0.5, 0.6) is 0 Å². The fraction of sp³-hybridized carbons (Fsp3) is 0.333. The maximum atomic E-state index is 12.8. The summed E-state index contributed by atoms with van der Waals surface area (Å²) in [6.45, 7) is 0. The van der Waals surface area contributed by atoms with Crippen molar-refractivity contribution in [2.24, 2.45) is 0 Å². The van der Waals surface area contributed by atoms with E-state index >= 15 is 0 Å². The first-order valence-electron chi connectivity index (χ1n) is 6.73. The highest BCUT2D eigenvalue weighted by Crippen LogP contribution is 2.30. The van der Waals surface area contributed by atoms with Crippen molar-refractivity contribution in [1.29, 1.82) is 0 Å². The average molecular weight is 290 g/mol. The van der Waals surface area contributed by atoms with Gasteiger partial charge in [-0.1, -0.05) is 12.1 Å². The summed E-state index contributed by atoms with van der Waals surface area (Å²) >= 11 is 1.58. The lowest BCUT2D eigenvalue weighted by Crippen LogP contribution is -2.12. The summed E-state index contributed by atoms with van der Waals surface area (Å²) in [6.07, 6.45) is 4.27. The van der Waals surface area contributed by atoms with Gasteiger partial charge in [0.25, 0.3) is 0 Å².